The molecule has 1 amide bonds. The zero-order valence-electron chi connectivity index (χ0n) is 5.98. The first-order valence-corrected chi connectivity index (χ1v) is 4.70. The van der Waals surface area contributed by atoms with Crippen LogP contribution < -0.4 is 5.32 Å². The van der Waals surface area contributed by atoms with E-state index in [2.05, 4.69) is 10.1 Å². The van der Waals surface area contributed by atoms with Gasteiger partial charge in [-0.2, -0.15) is 0 Å². The van der Waals surface area contributed by atoms with Crippen LogP contribution in [0.1, 0.15) is 6.92 Å². The third kappa shape index (κ3) is 7.32. The summed E-state index contributed by atoms with van der Waals surface area (Å²) in [6.45, 7) is 2.03. The molecule has 0 atom stereocenters. The fraction of sp³-hybridized carbons (Fsp3) is 0.750. The van der Waals surface area contributed by atoms with E-state index in [1.807, 2.05) is 0 Å². The summed E-state index contributed by atoms with van der Waals surface area (Å²) >= 11 is 0. The van der Waals surface area contributed by atoms with Crippen molar-refractivity contribution in [2.75, 3.05) is 12.9 Å². The Morgan fingerprint density at radius 3 is 2.55 bits per heavy atom. The van der Waals surface area contributed by atoms with Crippen molar-refractivity contribution in [3.63, 3.8) is 0 Å². The second-order valence-corrected chi connectivity index (χ2v) is 3.34. The Kier molecular flexibility index (Phi) is 4.10. The first-order chi connectivity index (χ1) is 4.95. The molecule has 0 aliphatic carbocycles. The van der Waals surface area contributed by atoms with Crippen molar-refractivity contribution in [1.29, 1.82) is 0 Å². The van der Waals surface area contributed by atoms with Crippen LogP contribution in [0.5, 0.6) is 0 Å². The van der Waals surface area contributed by atoms with E-state index in [9.17, 15) is 9.36 Å². The molecule has 0 saturated heterocycles. The van der Waals surface area contributed by atoms with E-state index in [4.69, 9.17) is 9.79 Å². The molecule has 0 heterocycles. The number of amides is 1. The van der Waals surface area contributed by atoms with Crippen LogP contribution in [0.25, 0.3) is 0 Å². The SMILES string of the molecule is CCNC(=O)OCP(=O)(O)O. The van der Waals surface area contributed by atoms with Crippen LogP contribution in [-0.2, 0) is 9.30 Å². The Balaban J connectivity index is 3.55. The lowest BCUT2D eigenvalue weighted by Crippen LogP contribution is -2.23. The highest BCUT2D eigenvalue weighted by atomic mass is 31.2. The zero-order valence-corrected chi connectivity index (χ0v) is 6.88. The van der Waals surface area contributed by atoms with E-state index < -0.39 is 20.0 Å². The number of rotatable bonds is 3. The third-order valence-corrected chi connectivity index (χ3v) is 1.15. The standard InChI is InChI=1S/C4H10NO5P/c1-2-5-4(6)10-3-11(7,8)9/h2-3H2,1H3,(H,5,6)(H2,7,8,9). The lowest BCUT2D eigenvalue weighted by Gasteiger charge is -2.05. The molecule has 0 spiro atoms. The van der Waals surface area contributed by atoms with Gasteiger partial charge in [0.2, 0.25) is 0 Å². The smallest absolute Gasteiger partial charge is 0.407 e. The van der Waals surface area contributed by atoms with Crippen molar-refractivity contribution in [3.05, 3.63) is 0 Å². The summed E-state index contributed by atoms with van der Waals surface area (Å²) in [5, 5.41) is 2.21. The summed E-state index contributed by atoms with van der Waals surface area (Å²) in [6, 6.07) is 0. The van der Waals surface area contributed by atoms with Crippen molar-refractivity contribution in [2.24, 2.45) is 0 Å². The van der Waals surface area contributed by atoms with Gasteiger partial charge in [-0.1, -0.05) is 0 Å². The Labute approximate surface area is 63.7 Å². The number of alkyl carbamates (subject to hydrolysis) is 1. The summed E-state index contributed by atoms with van der Waals surface area (Å²) in [4.78, 5) is 26.9. The van der Waals surface area contributed by atoms with Gasteiger partial charge in [-0.25, -0.2) is 4.79 Å². The van der Waals surface area contributed by atoms with Gasteiger partial charge in [-0.05, 0) is 6.92 Å². The molecule has 0 fully saturated rings. The zero-order chi connectivity index (χ0) is 8.91. The van der Waals surface area contributed by atoms with Crippen molar-refractivity contribution >= 4 is 13.7 Å². The minimum Gasteiger partial charge on any atom is -0.437 e. The average molecular weight is 183 g/mol. The van der Waals surface area contributed by atoms with Gasteiger partial charge in [0, 0.05) is 6.54 Å². The third-order valence-electron chi connectivity index (χ3n) is 0.685. The van der Waals surface area contributed by atoms with E-state index in [1.165, 1.54) is 0 Å². The first-order valence-electron chi connectivity index (χ1n) is 2.91. The minimum atomic E-state index is -4.23. The molecular formula is C4H10NO5P. The van der Waals surface area contributed by atoms with Gasteiger partial charge in [-0.15, -0.1) is 0 Å². The van der Waals surface area contributed by atoms with E-state index >= 15 is 0 Å². The second-order valence-electron chi connectivity index (χ2n) is 1.76. The summed E-state index contributed by atoms with van der Waals surface area (Å²) in [7, 11) is -4.23. The fourth-order valence-corrected chi connectivity index (χ4v) is 0.624. The minimum absolute atomic E-state index is 0.361. The number of hydrogen-bond acceptors (Lipinski definition) is 3. The molecule has 0 rings (SSSR count). The molecule has 7 heteroatoms. The van der Waals surface area contributed by atoms with E-state index in [1.54, 1.807) is 6.92 Å². The van der Waals surface area contributed by atoms with Gasteiger partial charge >= 0.3 is 13.7 Å². The van der Waals surface area contributed by atoms with Gasteiger partial charge in [0.25, 0.3) is 0 Å². The van der Waals surface area contributed by atoms with E-state index in [-0.39, 0.29) is 0 Å². The Hall–Kier alpha value is -0.580. The molecule has 0 radical (unpaired) electrons. The van der Waals surface area contributed by atoms with Crippen LogP contribution >= 0.6 is 7.60 Å². The van der Waals surface area contributed by atoms with Crippen molar-refractivity contribution in [3.8, 4) is 0 Å². The van der Waals surface area contributed by atoms with Crippen LogP contribution in [0.3, 0.4) is 0 Å². The highest BCUT2D eigenvalue weighted by molar-refractivity contribution is 7.51. The normalized spacial score (nSPS) is 10.8. The topological polar surface area (TPSA) is 95.9 Å². The molecule has 0 aliphatic heterocycles. The van der Waals surface area contributed by atoms with Gasteiger partial charge in [0.15, 0.2) is 6.35 Å². The highest BCUT2D eigenvalue weighted by Crippen LogP contribution is 2.33. The molecule has 0 bridgehead atoms. The summed E-state index contributed by atoms with van der Waals surface area (Å²) in [5.41, 5.74) is 0. The quantitative estimate of drug-likeness (QED) is 0.529. The van der Waals surface area contributed by atoms with Crippen LogP contribution in [-0.4, -0.2) is 28.8 Å². The Morgan fingerprint density at radius 2 is 2.18 bits per heavy atom. The second kappa shape index (κ2) is 4.33. The predicted octanol–water partition coefficient (Wildman–Crippen LogP) is -0.132. The monoisotopic (exact) mass is 183 g/mol. The lowest BCUT2D eigenvalue weighted by atomic mass is 10.8. The van der Waals surface area contributed by atoms with Crippen molar-refractivity contribution in [1.82, 2.24) is 5.32 Å². The maximum Gasteiger partial charge on any atom is 0.407 e. The Morgan fingerprint density at radius 1 is 1.64 bits per heavy atom. The van der Waals surface area contributed by atoms with Crippen LogP contribution in [0.15, 0.2) is 0 Å². The molecule has 11 heavy (non-hydrogen) atoms. The van der Waals surface area contributed by atoms with Crippen molar-refractivity contribution < 1.29 is 23.9 Å². The molecule has 0 saturated carbocycles. The average Bonchev–Trinajstić information content (AvgIpc) is 1.83. The molecule has 3 N–H and O–H groups in total. The molecule has 0 aromatic rings. The van der Waals surface area contributed by atoms with Gasteiger partial charge in [0.05, 0.1) is 0 Å². The highest BCUT2D eigenvalue weighted by Gasteiger charge is 2.15. The molecular weight excluding hydrogens is 173 g/mol. The first kappa shape index (κ1) is 10.4. The summed E-state index contributed by atoms with van der Waals surface area (Å²) in [5.74, 6) is 0. The number of carbonyl (C=O) groups is 1. The molecule has 6 nitrogen and oxygen atoms in total. The summed E-state index contributed by atoms with van der Waals surface area (Å²) in [6.07, 6.45) is -1.70. The van der Waals surface area contributed by atoms with Crippen LogP contribution in [0.2, 0.25) is 0 Å². The van der Waals surface area contributed by atoms with Crippen LogP contribution in [0.4, 0.5) is 4.79 Å². The molecule has 0 aliphatic rings. The maximum atomic E-state index is 10.4. The molecule has 0 aromatic heterocycles. The maximum absolute atomic E-state index is 10.4. The van der Waals surface area contributed by atoms with Crippen LogP contribution in [0, 0.1) is 0 Å². The lowest BCUT2D eigenvalue weighted by molar-refractivity contribution is 0.156. The number of carbonyl (C=O) groups excluding carboxylic acids is 1. The number of ether oxygens (including phenoxy) is 1. The molecule has 66 valence electrons. The van der Waals surface area contributed by atoms with Gasteiger partial charge in [0.1, 0.15) is 0 Å². The Bertz CT molecular complexity index is 175. The predicted molar refractivity (Wildman–Crippen MR) is 37.1 cm³/mol. The molecule has 0 aromatic carbocycles. The van der Waals surface area contributed by atoms with E-state index in [0.717, 1.165) is 0 Å². The fourth-order valence-electron chi connectivity index (χ4n) is 0.338. The number of hydrogen-bond donors (Lipinski definition) is 3. The number of nitrogens with one attached hydrogen (secondary N) is 1. The van der Waals surface area contributed by atoms with Gasteiger partial charge < -0.3 is 19.8 Å². The summed E-state index contributed by atoms with van der Waals surface area (Å²) < 4.78 is 14.3. The van der Waals surface area contributed by atoms with Gasteiger partial charge in [-0.3, -0.25) is 4.57 Å². The van der Waals surface area contributed by atoms with E-state index in [0.29, 0.717) is 6.54 Å². The largest absolute Gasteiger partial charge is 0.437 e. The molecule has 0 unspecified atom stereocenters. The van der Waals surface area contributed by atoms with Crippen molar-refractivity contribution in [2.45, 2.75) is 6.92 Å².